The molecule has 3 nitrogen and oxygen atoms in total. The fourth-order valence-corrected chi connectivity index (χ4v) is 3.59. The summed E-state index contributed by atoms with van der Waals surface area (Å²) in [6.45, 7) is 0. The number of rotatable bonds is 2. The molecule has 0 spiro atoms. The van der Waals surface area contributed by atoms with Crippen LogP contribution in [0.5, 0.6) is 0 Å². The molecule has 1 aliphatic rings. The molecular formula is C13H9Cl2N3S. The zero-order chi connectivity index (χ0) is 13.0. The number of hydrogen-bond acceptors (Lipinski definition) is 3. The molecule has 0 saturated heterocycles. The molecule has 19 heavy (non-hydrogen) atoms. The molecule has 3 aromatic rings. The van der Waals surface area contributed by atoms with Gasteiger partial charge in [0.1, 0.15) is 5.01 Å². The van der Waals surface area contributed by atoms with Gasteiger partial charge in [-0.15, -0.1) is 0 Å². The summed E-state index contributed by atoms with van der Waals surface area (Å²) >= 11 is 13.8. The molecule has 0 bridgehead atoms. The van der Waals surface area contributed by atoms with Crippen LogP contribution in [0.15, 0.2) is 24.4 Å². The SMILES string of the molecule is Clc1ccc(-c2cn3nc(C4CC4)sc3n2)c(Cl)c1. The molecule has 1 aliphatic carbocycles. The van der Waals surface area contributed by atoms with Gasteiger partial charge in [0.2, 0.25) is 4.96 Å². The average molecular weight is 310 g/mol. The minimum Gasteiger partial charge on any atom is -0.217 e. The molecule has 1 fully saturated rings. The monoisotopic (exact) mass is 309 g/mol. The van der Waals surface area contributed by atoms with Gasteiger partial charge in [-0.25, -0.2) is 9.50 Å². The Morgan fingerprint density at radius 3 is 2.79 bits per heavy atom. The highest BCUT2D eigenvalue weighted by Crippen LogP contribution is 2.42. The first kappa shape index (κ1) is 11.7. The lowest BCUT2D eigenvalue weighted by molar-refractivity contribution is 0.905. The fourth-order valence-electron chi connectivity index (χ4n) is 2.04. The summed E-state index contributed by atoms with van der Waals surface area (Å²) in [6.07, 6.45) is 4.44. The van der Waals surface area contributed by atoms with Gasteiger partial charge in [0.15, 0.2) is 0 Å². The van der Waals surface area contributed by atoms with E-state index in [1.165, 1.54) is 17.8 Å². The van der Waals surface area contributed by atoms with Gasteiger partial charge in [-0.05, 0) is 31.0 Å². The summed E-state index contributed by atoms with van der Waals surface area (Å²) in [7, 11) is 0. The molecular weight excluding hydrogens is 301 g/mol. The Labute approximate surface area is 123 Å². The Hall–Kier alpha value is -1.10. The van der Waals surface area contributed by atoms with Gasteiger partial charge in [-0.2, -0.15) is 5.10 Å². The zero-order valence-corrected chi connectivity index (χ0v) is 12.1. The predicted molar refractivity (Wildman–Crippen MR) is 78.3 cm³/mol. The van der Waals surface area contributed by atoms with Crippen molar-refractivity contribution in [3.63, 3.8) is 0 Å². The largest absolute Gasteiger partial charge is 0.217 e. The van der Waals surface area contributed by atoms with Crippen LogP contribution < -0.4 is 0 Å². The average Bonchev–Trinajstić information content (AvgIpc) is 3.02. The van der Waals surface area contributed by atoms with E-state index >= 15 is 0 Å². The van der Waals surface area contributed by atoms with Crippen molar-refractivity contribution >= 4 is 39.5 Å². The third kappa shape index (κ3) is 2.04. The summed E-state index contributed by atoms with van der Waals surface area (Å²) in [5, 5.41) is 7.00. The molecule has 0 atom stereocenters. The molecule has 2 heterocycles. The van der Waals surface area contributed by atoms with Crippen LogP contribution in [-0.4, -0.2) is 14.6 Å². The maximum absolute atomic E-state index is 6.20. The standard InChI is InChI=1S/C13H9Cl2N3S/c14-8-3-4-9(10(15)5-8)11-6-18-13(16-11)19-12(17-18)7-1-2-7/h3-7H,1-2H2. The summed E-state index contributed by atoms with van der Waals surface area (Å²) in [5.41, 5.74) is 1.72. The molecule has 0 amide bonds. The van der Waals surface area contributed by atoms with Gasteiger partial charge < -0.3 is 0 Å². The van der Waals surface area contributed by atoms with Crippen molar-refractivity contribution in [1.29, 1.82) is 0 Å². The van der Waals surface area contributed by atoms with Crippen molar-refractivity contribution in [1.82, 2.24) is 14.6 Å². The maximum Gasteiger partial charge on any atom is 0.212 e. The van der Waals surface area contributed by atoms with E-state index < -0.39 is 0 Å². The van der Waals surface area contributed by atoms with Gasteiger partial charge in [0, 0.05) is 16.5 Å². The summed E-state index contributed by atoms with van der Waals surface area (Å²) < 4.78 is 1.85. The van der Waals surface area contributed by atoms with E-state index in [1.807, 2.05) is 22.8 Å². The van der Waals surface area contributed by atoms with Gasteiger partial charge in [0.05, 0.1) is 16.9 Å². The molecule has 1 saturated carbocycles. The first-order valence-corrected chi connectivity index (χ1v) is 7.59. The molecule has 0 radical (unpaired) electrons. The van der Waals surface area contributed by atoms with Crippen LogP contribution in [0.3, 0.4) is 0 Å². The summed E-state index contributed by atoms with van der Waals surface area (Å²) in [4.78, 5) is 5.52. The summed E-state index contributed by atoms with van der Waals surface area (Å²) in [5.74, 6) is 0.661. The van der Waals surface area contributed by atoms with E-state index in [2.05, 4.69) is 10.1 Å². The number of aromatic nitrogens is 3. The smallest absolute Gasteiger partial charge is 0.212 e. The quantitative estimate of drug-likeness (QED) is 0.690. The van der Waals surface area contributed by atoms with Crippen LogP contribution in [0.1, 0.15) is 23.8 Å². The molecule has 96 valence electrons. The minimum absolute atomic E-state index is 0.612. The van der Waals surface area contributed by atoms with Crippen LogP contribution in [-0.2, 0) is 0 Å². The van der Waals surface area contributed by atoms with Crippen molar-refractivity contribution in [3.05, 3.63) is 39.4 Å². The van der Waals surface area contributed by atoms with Gasteiger partial charge >= 0.3 is 0 Å². The Bertz CT molecular complexity index is 742. The first-order valence-electron chi connectivity index (χ1n) is 6.02. The molecule has 0 N–H and O–H groups in total. The maximum atomic E-state index is 6.20. The third-order valence-corrected chi connectivity index (χ3v) is 4.83. The third-order valence-electron chi connectivity index (χ3n) is 3.19. The lowest BCUT2D eigenvalue weighted by atomic mass is 10.2. The van der Waals surface area contributed by atoms with Gasteiger partial charge in [0.25, 0.3) is 0 Å². The van der Waals surface area contributed by atoms with E-state index in [-0.39, 0.29) is 0 Å². The van der Waals surface area contributed by atoms with Crippen molar-refractivity contribution in [2.75, 3.05) is 0 Å². The fraction of sp³-hybridized carbons (Fsp3) is 0.231. The van der Waals surface area contributed by atoms with Crippen LogP contribution in [0.2, 0.25) is 10.0 Å². The van der Waals surface area contributed by atoms with Crippen LogP contribution in [0.25, 0.3) is 16.2 Å². The Balaban J connectivity index is 1.80. The highest BCUT2D eigenvalue weighted by atomic mass is 35.5. The molecule has 6 heteroatoms. The van der Waals surface area contributed by atoms with Crippen LogP contribution in [0.4, 0.5) is 0 Å². The molecule has 4 rings (SSSR count). The zero-order valence-electron chi connectivity index (χ0n) is 9.81. The van der Waals surface area contributed by atoms with E-state index in [4.69, 9.17) is 23.2 Å². The first-order chi connectivity index (χ1) is 9.20. The molecule has 2 aromatic heterocycles. The van der Waals surface area contributed by atoms with E-state index in [9.17, 15) is 0 Å². The second kappa shape index (κ2) is 4.20. The van der Waals surface area contributed by atoms with Crippen LogP contribution >= 0.6 is 34.5 Å². The Morgan fingerprint density at radius 2 is 2.11 bits per heavy atom. The molecule has 1 aromatic carbocycles. The van der Waals surface area contributed by atoms with E-state index in [1.54, 1.807) is 17.4 Å². The van der Waals surface area contributed by atoms with E-state index in [0.29, 0.717) is 16.0 Å². The topological polar surface area (TPSA) is 30.2 Å². The highest BCUT2D eigenvalue weighted by molar-refractivity contribution is 7.16. The number of halogens is 2. The lowest BCUT2D eigenvalue weighted by Crippen LogP contribution is -1.84. The van der Waals surface area contributed by atoms with E-state index in [0.717, 1.165) is 16.2 Å². The Kier molecular flexibility index (Phi) is 2.59. The van der Waals surface area contributed by atoms with Crippen molar-refractivity contribution in [3.8, 4) is 11.3 Å². The summed E-state index contributed by atoms with van der Waals surface area (Å²) in [6, 6.07) is 5.44. The number of fused-ring (bicyclic) bond motifs is 1. The van der Waals surface area contributed by atoms with Crippen molar-refractivity contribution in [2.24, 2.45) is 0 Å². The molecule has 0 unspecified atom stereocenters. The van der Waals surface area contributed by atoms with Crippen molar-refractivity contribution in [2.45, 2.75) is 18.8 Å². The van der Waals surface area contributed by atoms with Crippen LogP contribution in [0, 0.1) is 0 Å². The normalized spacial score (nSPS) is 15.3. The van der Waals surface area contributed by atoms with Gasteiger partial charge in [-0.1, -0.05) is 34.5 Å². The highest BCUT2D eigenvalue weighted by Gasteiger charge is 2.28. The second-order valence-electron chi connectivity index (χ2n) is 4.69. The second-order valence-corrected chi connectivity index (χ2v) is 6.52. The minimum atomic E-state index is 0.612. The molecule has 0 aliphatic heterocycles. The number of hydrogen-bond donors (Lipinski definition) is 0. The predicted octanol–water partition coefficient (Wildman–Crippen LogP) is 4.64. The number of imidazole rings is 1. The Morgan fingerprint density at radius 1 is 1.26 bits per heavy atom. The van der Waals surface area contributed by atoms with Crippen molar-refractivity contribution < 1.29 is 0 Å². The number of nitrogens with zero attached hydrogens (tertiary/aromatic N) is 3. The number of benzene rings is 1. The lowest BCUT2D eigenvalue weighted by Gasteiger charge is -2.00. The van der Waals surface area contributed by atoms with Gasteiger partial charge in [-0.3, -0.25) is 0 Å².